The van der Waals surface area contributed by atoms with Crippen LogP contribution < -0.4 is 0 Å². The Bertz CT molecular complexity index is 242. The number of aliphatic hydroxyl groups excluding tert-OH is 1. The fraction of sp³-hybridized carbons (Fsp3) is 0.800. The summed E-state index contributed by atoms with van der Waals surface area (Å²) >= 11 is 0. The molecule has 5 nitrogen and oxygen atoms in total. The van der Waals surface area contributed by atoms with Crippen molar-refractivity contribution in [3.63, 3.8) is 0 Å². The van der Waals surface area contributed by atoms with E-state index >= 15 is 0 Å². The van der Waals surface area contributed by atoms with Gasteiger partial charge in [-0.1, -0.05) is 0 Å². The van der Waals surface area contributed by atoms with E-state index in [0.717, 1.165) is 0 Å². The summed E-state index contributed by atoms with van der Waals surface area (Å²) in [5.41, 5.74) is 0. The first kappa shape index (κ1) is 12.1. The highest BCUT2D eigenvalue weighted by atomic mass is 16.5. The second kappa shape index (κ2) is 5.82. The number of nitrogens with zero attached hydrogens (tertiary/aromatic N) is 1. The molecule has 0 bridgehead atoms. The van der Waals surface area contributed by atoms with E-state index in [1.807, 2.05) is 0 Å². The fourth-order valence-electron chi connectivity index (χ4n) is 1.50. The maximum atomic E-state index is 11.6. The van der Waals surface area contributed by atoms with Gasteiger partial charge in [-0.25, -0.2) is 0 Å². The molecule has 1 heterocycles. The van der Waals surface area contributed by atoms with Crippen LogP contribution in [0.3, 0.4) is 0 Å². The molecule has 0 saturated carbocycles. The minimum atomic E-state index is -0.278. The molecule has 1 aliphatic heterocycles. The van der Waals surface area contributed by atoms with Gasteiger partial charge in [0.1, 0.15) is 5.78 Å². The van der Waals surface area contributed by atoms with Crippen molar-refractivity contribution in [2.45, 2.75) is 25.9 Å². The summed E-state index contributed by atoms with van der Waals surface area (Å²) in [5.74, 6) is -0.0118. The molecule has 15 heavy (non-hydrogen) atoms. The Kier molecular flexibility index (Phi) is 4.71. The minimum Gasteiger partial charge on any atom is -0.394 e. The highest BCUT2D eigenvalue weighted by molar-refractivity contribution is 5.83. The van der Waals surface area contributed by atoms with Gasteiger partial charge in [-0.05, 0) is 6.92 Å². The Balaban J connectivity index is 2.35. The smallest absolute Gasteiger partial charge is 0.223 e. The molecule has 1 rings (SSSR count). The van der Waals surface area contributed by atoms with Gasteiger partial charge < -0.3 is 19.5 Å². The van der Waals surface area contributed by atoms with Crippen LogP contribution >= 0.6 is 0 Å². The molecule has 1 atom stereocenters. The first-order valence-electron chi connectivity index (χ1n) is 5.13. The van der Waals surface area contributed by atoms with Crippen LogP contribution in [0.15, 0.2) is 0 Å². The van der Waals surface area contributed by atoms with Gasteiger partial charge in [0, 0.05) is 25.9 Å². The predicted octanol–water partition coefficient (Wildman–Crippen LogP) is -0.425. The summed E-state index contributed by atoms with van der Waals surface area (Å²) in [6.45, 7) is 2.83. The number of carbonyl (C=O) groups is 2. The molecule has 1 fully saturated rings. The lowest BCUT2D eigenvalue weighted by atomic mass is 10.2. The van der Waals surface area contributed by atoms with Crippen molar-refractivity contribution in [1.29, 1.82) is 0 Å². The quantitative estimate of drug-likeness (QED) is 0.691. The van der Waals surface area contributed by atoms with Crippen LogP contribution in [0.2, 0.25) is 0 Å². The van der Waals surface area contributed by atoms with Crippen molar-refractivity contribution in [2.24, 2.45) is 0 Å². The standard InChI is InChI=1S/C10H17NO4/c1-8(13)2-3-10(14)11-4-5-15-9(6-11)7-12/h9,12H,2-7H2,1H3. The number of ketones is 1. The van der Waals surface area contributed by atoms with Crippen LogP contribution in [0.4, 0.5) is 0 Å². The number of amides is 1. The third kappa shape index (κ3) is 3.97. The van der Waals surface area contributed by atoms with Crippen molar-refractivity contribution in [3.8, 4) is 0 Å². The van der Waals surface area contributed by atoms with Gasteiger partial charge in [0.05, 0.1) is 19.3 Å². The number of ether oxygens (including phenoxy) is 1. The Hall–Kier alpha value is -0.940. The first-order chi connectivity index (χ1) is 7.13. The number of Topliss-reactive ketones (excluding diaryl/α,β-unsaturated/α-hetero) is 1. The molecule has 1 unspecified atom stereocenters. The maximum Gasteiger partial charge on any atom is 0.223 e. The van der Waals surface area contributed by atoms with Gasteiger partial charge in [0.2, 0.25) is 5.91 Å². The zero-order valence-corrected chi connectivity index (χ0v) is 8.94. The molecule has 1 saturated heterocycles. The van der Waals surface area contributed by atoms with Crippen LogP contribution in [0, 0.1) is 0 Å². The van der Waals surface area contributed by atoms with Crippen LogP contribution in [-0.2, 0) is 14.3 Å². The Morgan fingerprint density at radius 1 is 1.47 bits per heavy atom. The van der Waals surface area contributed by atoms with E-state index in [1.54, 1.807) is 4.90 Å². The second-order valence-corrected chi connectivity index (χ2v) is 3.72. The third-order valence-electron chi connectivity index (χ3n) is 2.39. The van der Waals surface area contributed by atoms with Gasteiger partial charge in [0.15, 0.2) is 0 Å². The largest absolute Gasteiger partial charge is 0.394 e. The number of hydrogen-bond donors (Lipinski definition) is 1. The van der Waals surface area contributed by atoms with Crippen molar-refractivity contribution < 1.29 is 19.4 Å². The van der Waals surface area contributed by atoms with E-state index in [2.05, 4.69) is 0 Å². The van der Waals surface area contributed by atoms with Crippen molar-refractivity contribution in [1.82, 2.24) is 4.90 Å². The van der Waals surface area contributed by atoms with E-state index in [-0.39, 0.29) is 30.8 Å². The molecule has 0 spiro atoms. The predicted molar refractivity (Wildman–Crippen MR) is 53.3 cm³/mol. The normalized spacial score (nSPS) is 21.5. The maximum absolute atomic E-state index is 11.6. The number of hydrogen-bond acceptors (Lipinski definition) is 4. The molecular formula is C10H17NO4. The SMILES string of the molecule is CC(=O)CCC(=O)N1CCOC(CO)C1. The molecule has 0 aromatic rings. The zero-order chi connectivity index (χ0) is 11.3. The second-order valence-electron chi connectivity index (χ2n) is 3.72. The van der Waals surface area contributed by atoms with Crippen molar-refractivity contribution in [2.75, 3.05) is 26.3 Å². The summed E-state index contributed by atoms with van der Waals surface area (Å²) < 4.78 is 5.22. The molecule has 1 aliphatic rings. The van der Waals surface area contributed by atoms with Crippen LogP contribution in [0.5, 0.6) is 0 Å². The molecule has 0 radical (unpaired) electrons. The number of aliphatic hydroxyl groups is 1. The van der Waals surface area contributed by atoms with Crippen molar-refractivity contribution >= 4 is 11.7 Å². The molecule has 0 aliphatic carbocycles. The highest BCUT2D eigenvalue weighted by Crippen LogP contribution is 2.07. The fourth-order valence-corrected chi connectivity index (χ4v) is 1.50. The topological polar surface area (TPSA) is 66.8 Å². The van der Waals surface area contributed by atoms with Gasteiger partial charge in [-0.15, -0.1) is 0 Å². The molecule has 1 N–H and O–H groups in total. The molecule has 86 valence electrons. The monoisotopic (exact) mass is 215 g/mol. The van der Waals surface area contributed by atoms with E-state index in [0.29, 0.717) is 26.1 Å². The number of morpholine rings is 1. The van der Waals surface area contributed by atoms with E-state index < -0.39 is 0 Å². The van der Waals surface area contributed by atoms with Crippen LogP contribution in [-0.4, -0.2) is 54.1 Å². The first-order valence-corrected chi connectivity index (χ1v) is 5.13. The minimum absolute atomic E-state index is 0.0234. The Morgan fingerprint density at radius 2 is 2.20 bits per heavy atom. The Morgan fingerprint density at radius 3 is 2.80 bits per heavy atom. The molecule has 1 amide bonds. The molecule has 0 aromatic carbocycles. The lowest BCUT2D eigenvalue weighted by molar-refractivity contribution is -0.141. The summed E-state index contributed by atoms with van der Waals surface area (Å²) in [6.07, 6.45) is 0.271. The average molecular weight is 215 g/mol. The number of rotatable bonds is 4. The molecule has 5 heteroatoms. The molecular weight excluding hydrogens is 198 g/mol. The van der Waals surface area contributed by atoms with E-state index in [1.165, 1.54) is 6.92 Å². The van der Waals surface area contributed by atoms with Gasteiger partial charge in [-0.2, -0.15) is 0 Å². The summed E-state index contributed by atoms with van der Waals surface area (Å²) in [4.78, 5) is 24.0. The van der Waals surface area contributed by atoms with Crippen LogP contribution in [0.25, 0.3) is 0 Å². The number of carbonyl (C=O) groups excluding carboxylic acids is 2. The molecule has 0 aromatic heterocycles. The van der Waals surface area contributed by atoms with Crippen molar-refractivity contribution in [3.05, 3.63) is 0 Å². The third-order valence-corrected chi connectivity index (χ3v) is 2.39. The highest BCUT2D eigenvalue weighted by Gasteiger charge is 2.23. The zero-order valence-electron chi connectivity index (χ0n) is 8.94. The van der Waals surface area contributed by atoms with E-state index in [4.69, 9.17) is 9.84 Å². The lowest BCUT2D eigenvalue weighted by Gasteiger charge is -2.32. The summed E-state index contributed by atoms with van der Waals surface area (Å²) in [7, 11) is 0. The lowest BCUT2D eigenvalue weighted by Crippen LogP contribution is -2.46. The van der Waals surface area contributed by atoms with Gasteiger partial charge >= 0.3 is 0 Å². The summed E-state index contributed by atoms with van der Waals surface area (Å²) in [5, 5.41) is 8.89. The Labute approximate surface area is 89.0 Å². The van der Waals surface area contributed by atoms with Gasteiger partial charge in [0.25, 0.3) is 0 Å². The van der Waals surface area contributed by atoms with Gasteiger partial charge in [-0.3, -0.25) is 4.79 Å². The summed E-state index contributed by atoms with van der Waals surface area (Å²) in [6, 6.07) is 0. The van der Waals surface area contributed by atoms with E-state index in [9.17, 15) is 9.59 Å². The average Bonchev–Trinajstić information content (AvgIpc) is 2.26. The van der Waals surface area contributed by atoms with Crippen LogP contribution in [0.1, 0.15) is 19.8 Å².